The summed E-state index contributed by atoms with van der Waals surface area (Å²) in [5.74, 6) is 0.592. The minimum atomic E-state index is -1.44. The van der Waals surface area contributed by atoms with Gasteiger partial charge in [0.2, 0.25) is 0 Å². The number of allylic oxidation sites excluding steroid dienone is 1. The van der Waals surface area contributed by atoms with Gasteiger partial charge in [-0.25, -0.2) is 0 Å². The lowest BCUT2D eigenvalue weighted by atomic mass is 9.38. The van der Waals surface area contributed by atoms with Gasteiger partial charge in [0.25, 0.3) is 0 Å². The Bertz CT molecular complexity index is 1620. The van der Waals surface area contributed by atoms with Crippen molar-refractivity contribution in [3.8, 4) is 0 Å². The molecule has 3 saturated heterocycles. The number of ether oxygens (including phenoxy) is 6. The van der Waals surface area contributed by atoms with Gasteiger partial charge in [-0.2, -0.15) is 0 Å². The minimum Gasteiger partial charge on any atom is -0.394 e. The number of fused-ring (bicyclic) bond motifs is 5. The summed E-state index contributed by atoms with van der Waals surface area (Å²) >= 11 is 0. The second-order valence-corrected chi connectivity index (χ2v) is 23.1. The summed E-state index contributed by atoms with van der Waals surface area (Å²) in [6.07, 6.45) is -4.72. The molecular weight excluding hydrogens is 845 g/mol. The number of hydrogen-bond acceptors (Lipinski definition) is 16. The summed E-state index contributed by atoms with van der Waals surface area (Å²) in [5, 5.41) is 107. The average Bonchev–Trinajstić information content (AvgIpc) is 3.51. The van der Waals surface area contributed by atoms with Crippen LogP contribution >= 0.6 is 0 Å². The van der Waals surface area contributed by atoms with Crippen molar-refractivity contribution in [3.05, 3.63) is 11.6 Å². The topological polar surface area (TPSA) is 258 Å². The fourth-order valence-corrected chi connectivity index (χ4v) is 14.3. The molecule has 16 heteroatoms. The zero-order valence-electron chi connectivity index (χ0n) is 40.1. The highest BCUT2D eigenvalue weighted by atomic mass is 16.8. The third-order valence-electron chi connectivity index (χ3n) is 18.7. The molecule has 3 heterocycles. The molecule has 7 aliphatic rings. The summed E-state index contributed by atoms with van der Waals surface area (Å²) in [7, 11) is 0. The Morgan fingerprint density at radius 1 is 0.723 bits per heavy atom. The largest absolute Gasteiger partial charge is 0.394 e. The van der Waals surface area contributed by atoms with Gasteiger partial charge in [0.15, 0.2) is 18.9 Å². The first-order valence-corrected chi connectivity index (χ1v) is 24.7. The lowest BCUT2D eigenvalue weighted by Gasteiger charge is -2.67. The molecule has 16 nitrogen and oxygen atoms in total. The first-order valence-electron chi connectivity index (χ1n) is 24.7. The molecule has 0 amide bonds. The van der Waals surface area contributed by atoms with E-state index in [1.54, 1.807) is 13.8 Å². The first kappa shape index (κ1) is 51.9. The van der Waals surface area contributed by atoms with E-state index in [0.29, 0.717) is 25.2 Å². The van der Waals surface area contributed by atoms with Crippen LogP contribution in [0.3, 0.4) is 0 Å². The Morgan fingerprint density at radius 3 is 1.85 bits per heavy atom. The first-order chi connectivity index (χ1) is 30.4. The normalized spacial score (nSPS) is 48.7. The van der Waals surface area contributed by atoms with E-state index in [1.165, 1.54) is 5.57 Å². The van der Waals surface area contributed by atoms with Crippen LogP contribution in [0.25, 0.3) is 0 Å². The van der Waals surface area contributed by atoms with E-state index in [2.05, 4.69) is 47.6 Å². The van der Waals surface area contributed by atoms with Gasteiger partial charge in [-0.15, -0.1) is 0 Å². The smallest absolute Gasteiger partial charge is 0.187 e. The molecule has 22 atom stereocenters. The van der Waals surface area contributed by atoms with Gasteiger partial charge in [0.1, 0.15) is 18.3 Å². The molecule has 65 heavy (non-hydrogen) atoms. The highest BCUT2D eigenvalue weighted by molar-refractivity contribution is 5.32. The quantitative estimate of drug-likeness (QED) is 0.106. The van der Waals surface area contributed by atoms with E-state index in [4.69, 9.17) is 28.4 Å². The van der Waals surface area contributed by atoms with Crippen molar-refractivity contribution < 1.29 is 79.5 Å². The van der Waals surface area contributed by atoms with Gasteiger partial charge < -0.3 is 79.5 Å². The number of hydrogen-bond donors (Lipinski definition) is 10. The molecular formula is C49H84O16. The van der Waals surface area contributed by atoms with Crippen LogP contribution in [0.15, 0.2) is 11.6 Å². The van der Waals surface area contributed by atoms with E-state index in [-0.39, 0.29) is 85.1 Å². The minimum absolute atomic E-state index is 0.0139. The molecule has 0 aromatic rings. The van der Waals surface area contributed by atoms with E-state index in [0.717, 1.165) is 32.1 Å². The maximum absolute atomic E-state index is 12.6. The second-order valence-electron chi connectivity index (χ2n) is 23.1. The number of rotatable bonds is 15. The molecule has 4 aliphatic carbocycles. The van der Waals surface area contributed by atoms with E-state index >= 15 is 0 Å². The van der Waals surface area contributed by atoms with Gasteiger partial charge >= 0.3 is 0 Å². The van der Waals surface area contributed by atoms with Crippen molar-refractivity contribution in [2.24, 2.45) is 51.2 Å². The molecule has 6 fully saturated rings. The molecule has 7 rings (SSSR count). The Balaban J connectivity index is 1.02. The van der Waals surface area contributed by atoms with Gasteiger partial charge in [-0.1, -0.05) is 53.2 Å². The average molecular weight is 929 g/mol. The Kier molecular flexibility index (Phi) is 15.8. The molecule has 3 aliphatic heterocycles. The van der Waals surface area contributed by atoms with Crippen molar-refractivity contribution in [1.82, 2.24) is 0 Å². The molecule has 0 radical (unpaired) electrons. The molecule has 0 aromatic heterocycles. The predicted octanol–water partition coefficient (Wildman–Crippen LogP) is 2.28. The Morgan fingerprint density at radius 2 is 1.28 bits per heavy atom. The van der Waals surface area contributed by atoms with E-state index in [1.807, 2.05) is 0 Å². The van der Waals surface area contributed by atoms with Crippen molar-refractivity contribution >= 4 is 0 Å². The zero-order chi connectivity index (χ0) is 47.6. The molecule has 10 N–H and O–H groups in total. The monoisotopic (exact) mass is 929 g/mol. The molecule has 8 unspecified atom stereocenters. The molecule has 0 bridgehead atoms. The van der Waals surface area contributed by atoms with Crippen LogP contribution < -0.4 is 0 Å². The van der Waals surface area contributed by atoms with Crippen LogP contribution in [0.4, 0.5) is 0 Å². The maximum Gasteiger partial charge on any atom is 0.187 e. The van der Waals surface area contributed by atoms with Gasteiger partial charge in [-0.3, -0.25) is 0 Å². The zero-order valence-corrected chi connectivity index (χ0v) is 40.1. The highest BCUT2D eigenvalue weighted by Gasteiger charge is 2.70. The summed E-state index contributed by atoms with van der Waals surface area (Å²) in [6, 6.07) is 0. The van der Waals surface area contributed by atoms with E-state index < -0.39 is 97.5 Å². The summed E-state index contributed by atoms with van der Waals surface area (Å²) in [4.78, 5) is 0. The highest BCUT2D eigenvalue weighted by Crippen LogP contribution is 2.75. The lowest BCUT2D eigenvalue weighted by molar-refractivity contribution is -0.346. The SMILES string of the molecule is C[C@H](CC[C@@H](CO[C@@H]1OC(CO)C[C@H](O)C1OC1OC(CO)C[C@H](O)[C@H]1O)C(C)(C)O)C1CC[C@@]2(C)C3CC=C4C(CC[C@H](O[C@@H]5O[C@H](CO)C[C@H](O)[C@H]5O)C4(C)C)[C@]3(C)C(O)C[C@]12C. The van der Waals surface area contributed by atoms with Gasteiger partial charge in [-0.05, 0) is 99.7 Å². The Hall–Kier alpha value is -0.900. The standard InChI is InChI=1S/C49H84O16/c1-25(9-10-26(46(4,5)59)24-60-44-41(35(55)19-29(23-52)63-44)65-43-40(58)34(54)18-28(22-51)62-43)30-15-16-47(6)36-13-11-31-32(49(36,8)37(56)20-48(30,47)7)12-14-38(45(31,2)3)64-42-39(57)33(53)17-27(21-50)61-42/h11,25-30,32-44,50-59H,9-10,12-24H2,1-8H3/t25-,26+,27+,28?,29?,30?,32?,33+,34+,35+,36?,37?,38+,39-,40-,41?,42+,43?,44-,47+,48-,49+/m1/s1. The predicted molar refractivity (Wildman–Crippen MR) is 235 cm³/mol. The van der Waals surface area contributed by atoms with Crippen LogP contribution in [-0.2, 0) is 28.4 Å². The fourth-order valence-electron chi connectivity index (χ4n) is 14.3. The molecule has 0 aromatic carbocycles. The lowest BCUT2D eigenvalue weighted by Crippen LogP contribution is -2.64. The summed E-state index contributed by atoms with van der Waals surface area (Å²) in [5.41, 5.74) is -0.877. The van der Waals surface area contributed by atoms with Gasteiger partial charge in [0, 0.05) is 36.0 Å². The van der Waals surface area contributed by atoms with Crippen molar-refractivity contribution in [3.63, 3.8) is 0 Å². The van der Waals surface area contributed by atoms with Crippen LogP contribution in [0.5, 0.6) is 0 Å². The second kappa shape index (κ2) is 19.7. The van der Waals surface area contributed by atoms with E-state index in [9.17, 15) is 51.1 Å². The molecule has 376 valence electrons. The fraction of sp³-hybridized carbons (Fsp3) is 0.959. The third-order valence-corrected chi connectivity index (χ3v) is 18.7. The van der Waals surface area contributed by atoms with Crippen LogP contribution in [-0.4, -0.2) is 169 Å². The van der Waals surface area contributed by atoms with Crippen molar-refractivity contribution in [2.75, 3.05) is 26.4 Å². The number of aliphatic hydroxyl groups is 10. The third kappa shape index (κ3) is 9.54. The maximum atomic E-state index is 12.6. The van der Waals surface area contributed by atoms with Crippen LogP contribution in [0.1, 0.15) is 126 Å². The molecule has 0 spiro atoms. The van der Waals surface area contributed by atoms with Crippen molar-refractivity contribution in [1.29, 1.82) is 0 Å². The van der Waals surface area contributed by atoms with Crippen LogP contribution in [0, 0.1) is 51.2 Å². The summed E-state index contributed by atoms with van der Waals surface area (Å²) in [6.45, 7) is 16.3. The van der Waals surface area contributed by atoms with Crippen LogP contribution in [0.2, 0.25) is 0 Å². The van der Waals surface area contributed by atoms with Gasteiger partial charge in [0.05, 0.1) is 80.9 Å². The molecule has 3 saturated carbocycles. The summed E-state index contributed by atoms with van der Waals surface area (Å²) < 4.78 is 36.4. The Labute approximate surface area is 385 Å². The number of aliphatic hydroxyl groups excluding tert-OH is 9. The van der Waals surface area contributed by atoms with Crippen molar-refractivity contribution in [2.45, 2.75) is 218 Å².